The molecule has 2 heterocycles. The van der Waals surface area contributed by atoms with Crippen molar-refractivity contribution in [3.8, 4) is 0 Å². The van der Waals surface area contributed by atoms with E-state index < -0.39 is 11.7 Å². The molecule has 0 saturated carbocycles. The minimum absolute atomic E-state index is 0.0142. The van der Waals surface area contributed by atoms with Gasteiger partial charge in [0.2, 0.25) is 5.91 Å². The van der Waals surface area contributed by atoms with Crippen LogP contribution < -0.4 is 5.32 Å². The predicted molar refractivity (Wildman–Crippen MR) is 108 cm³/mol. The van der Waals surface area contributed by atoms with E-state index in [-0.39, 0.29) is 29.2 Å². The van der Waals surface area contributed by atoms with Gasteiger partial charge < -0.3 is 10.2 Å². The van der Waals surface area contributed by atoms with E-state index in [1.54, 1.807) is 16.2 Å². The lowest BCUT2D eigenvalue weighted by atomic mass is 9.97. The van der Waals surface area contributed by atoms with E-state index in [2.05, 4.69) is 10.3 Å². The summed E-state index contributed by atoms with van der Waals surface area (Å²) >= 11 is 1.55. The Hall–Kier alpha value is -2.42. The zero-order valence-corrected chi connectivity index (χ0v) is 17.6. The van der Waals surface area contributed by atoms with Gasteiger partial charge in [-0.2, -0.15) is 13.2 Å². The molecule has 30 heavy (non-hydrogen) atoms. The van der Waals surface area contributed by atoms with E-state index in [0.29, 0.717) is 19.6 Å². The Bertz CT molecular complexity index is 886. The average molecular weight is 440 g/mol. The molecular weight excluding hydrogens is 415 g/mol. The molecule has 1 aliphatic rings. The monoisotopic (exact) mass is 439 g/mol. The highest BCUT2D eigenvalue weighted by Crippen LogP contribution is 2.32. The molecule has 0 bridgehead atoms. The number of amides is 2. The number of likely N-dealkylation sites (tertiary alicyclic amines) is 1. The van der Waals surface area contributed by atoms with Crippen LogP contribution in [0.4, 0.5) is 13.2 Å². The number of aromatic nitrogens is 1. The van der Waals surface area contributed by atoms with E-state index in [9.17, 15) is 22.8 Å². The first-order valence-electron chi connectivity index (χ1n) is 9.83. The van der Waals surface area contributed by atoms with Crippen molar-refractivity contribution in [2.45, 2.75) is 45.3 Å². The second-order valence-electron chi connectivity index (χ2n) is 7.69. The van der Waals surface area contributed by atoms with Gasteiger partial charge in [-0.15, -0.1) is 11.3 Å². The van der Waals surface area contributed by atoms with Crippen LogP contribution in [-0.2, 0) is 17.5 Å². The number of nitrogens with one attached hydrogen (secondary N) is 1. The van der Waals surface area contributed by atoms with Crippen molar-refractivity contribution in [2.24, 2.45) is 5.92 Å². The fourth-order valence-electron chi connectivity index (χ4n) is 3.29. The lowest BCUT2D eigenvalue weighted by Crippen LogP contribution is -2.37. The number of alkyl halides is 3. The average Bonchev–Trinajstić information content (AvgIpc) is 3.20. The van der Waals surface area contributed by atoms with Gasteiger partial charge in [0.25, 0.3) is 5.91 Å². The third-order valence-electron chi connectivity index (χ3n) is 5.13. The Morgan fingerprint density at radius 2 is 1.83 bits per heavy atom. The number of thiazole rings is 1. The minimum atomic E-state index is -4.41. The fraction of sp³-hybridized carbons (Fsp3) is 0.476. The highest BCUT2D eigenvalue weighted by atomic mass is 32.1. The Balaban J connectivity index is 1.53. The second kappa shape index (κ2) is 9.16. The van der Waals surface area contributed by atoms with Crippen LogP contribution in [0.1, 0.15) is 59.2 Å². The second-order valence-corrected chi connectivity index (χ2v) is 8.58. The first kappa shape index (κ1) is 22.3. The smallest absolute Gasteiger partial charge is 0.350 e. The number of carbonyl (C=O) groups excluding carboxylic acids is 2. The van der Waals surface area contributed by atoms with Crippen molar-refractivity contribution in [1.29, 1.82) is 0 Å². The standard InChI is InChI=1S/C21H24F3N3O2S/c1-13(2)18(28)25-11-17-12-30-19(26-17)14-7-9-27(10-8-14)20(29)15-3-5-16(6-4-15)21(22,23)24/h3-6,12-14H,7-11H2,1-2H3,(H,25,28). The molecule has 0 radical (unpaired) electrons. The molecule has 1 saturated heterocycles. The zero-order chi connectivity index (χ0) is 21.9. The van der Waals surface area contributed by atoms with Crippen LogP contribution in [0.2, 0.25) is 0 Å². The Morgan fingerprint density at radius 1 is 1.20 bits per heavy atom. The van der Waals surface area contributed by atoms with Crippen molar-refractivity contribution in [2.75, 3.05) is 13.1 Å². The van der Waals surface area contributed by atoms with Gasteiger partial charge in [-0.25, -0.2) is 4.98 Å². The fourth-order valence-corrected chi connectivity index (χ4v) is 4.28. The Labute approximate surface area is 177 Å². The van der Waals surface area contributed by atoms with Crippen LogP contribution in [-0.4, -0.2) is 34.8 Å². The summed E-state index contributed by atoms with van der Waals surface area (Å²) in [6, 6.07) is 4.34. The van der Waals surface area contributed by atoms with Gasteiger partial charge in [0.15, 0.2) is 0 Å². The molecule has 162 valence electrons. The number of halogens is 3. The number of hydrogen-bond acceptors (Lipinski definition) is 4. The highest BCUT2D eigenvalue weighted by molar-refractivity contribution is 7.09. The summed E-state index contributed by atoms with van der Waals surface area (Å²) in [6.45, 7) is 5.13. The van der Waals surface area contributed by atoms with Gasteiger partial charge >= 0.3 is 6.18 Å². The molecule has 5 nitrogen and oxygen atoms in total. The van der Waals surface area contributed by atoms with Gasteiger partial charge in [0, 0.05) is 35.9 Å². The van der Waals surface area contributed by atoms with Gasteiger partial charge in [-0.1, -0.05) is 13.8 Å². The van der Waals surface area contributed by atoms with Crippen LogP contribution in [0.3, 0.4) is 0 Å². The topological polar surface area (TPSA) is 62.3 Å². The molecule has 2 aromatic rings. The molecule has 9 heteroatoms. The summed E-state index contributed by atoms with van der Waals surface area (Å²) in [4.78, 5) is 30.6. The molecule has 0 aliphatic carbocycles. The van der Waals surface area contributed by atoms with Crippen LogP contribution in [0, 0.1) is 5.92 Å². The molecule has 1 aromatic heterocycles. The van der Waals surface area contributed by atoms with Crippen molar-refractivity contribution >= 4 is 23.2 Å². The first-order valence-corrected chi connectivity index (χ1v) is 10.7. The quantitative estimate of drug-likeness (QED) is 0.749. The Kier molecular flexibility index (Phi) is 6.80. The molecule has 1 N–H and O–H groups in total. The maximum absolute atomic E-state index is 12.7. The SMILES string of the molecule is CC(C)C(=O)NCc1csc(C2CCN(C(=O)c3ccc(C(F)(F)F)cc3)CC2)n1. The van der Waals surface area contributed by atoms with Crippen molar-refractivity contribution in [3.05, 3.63) is 51.5 Å². The maximum Gasteiger partial charge on any atom is 0.416 e. The number of nitrogens with zero attached hydrogens (tertiary/aromatic N) is 2. The lowest BCUT2D eigenvalue weighted by Gasteiger charge is -2.31. The molecule has 0 spiro atoms. The minimum Gasteiger partial charge on any atom is -0.350 e. The summed E-state index contributed by atoms with van der Waals surface area (Å²) in [6.07, 6.45) is -2.92. The van der Waals surface area contributed by atoms with Crippen molar-refractivity contribution in [3.63, 3.8) is 0 Å². The number of piperidine rings is 1. The predicted octanol–water partition coefficient (Wildman–Crippen LogP) is 4.45. The normalized spacial score (nSPS) is 15.5. The number of hydrogen-bond donors (Lipinski definition) is 1. The van der Waals surface area contributed by atoms with Crippen LogP contribution in [0.25, 0.3) is 0 Å². The largest absolute Gasteiger partial charge is 0.416 e. The molecule has 0 unspecified atom stereocenters. The zero-order valence-electron chi connectivity index (χ0n) is 16.8. The van der Waals surface area contributed by atoms with E-state index in [4.69, 9.17) is 0 Å². The van der Waals surface area contributed by atoms with Crippen LogP contribution >= 0.6 is 11.3 Å². The van der Waals surface area contributed by atoms with Crippen molar-refractivity contribution < 1.29 is 22.8 Å². The summed E-state index contributed by atoms with van der Waals surface area (Å²) < 4.78 is 38.1. The van der Waals surface area contributed by atoms with Gasteiger partial charge in [0.1, 0.15) is 0 Å². The van der Waals surface area contributed by atoms with E-state index >= 15 is 0 Å². The van der Waals surface area contributed by atoms with Crippen molar-refractivity contribution in [1.82, 2.24) is 15.2 Å². The number of rotatable bonds is 5. The van der Waals surface area contributed by atoms with E-state index in [1.807, 2.05) is 19.2 Å². The van der Waals surface area contributed by atoms with Gasteiger partial charge in [-0.05, 0) is 37.1 Å². The third kappa shape index (κ3) is 5.38. The summed E-state index contributed by atoms with van der Waals surface area (Å²) in [7, 11) is 0. The summed E-state index contributed by atoms with van der Waals surface area (Å²) in [5, 5.41) is 5.78. The molecule has 3 rings (SSSR count). The van der Waals surface area contributed by atoms with E-state index in [1.165, 1.54) is 12.1 Å². The molecule has 1 aromatic carbocycles. The third-order valence-corrected chi connectivity index (χ3v) is 6.18. The summed E-state index contributed by atoms with van der Waals surface area (Å²) in [5.41, 5.74) is 0.327. The molecule has 2 amide bonds. The molecule has 1 aliphatic heterocycles. The van der Waals surface area contributed by atoms with E-state index in [0.717, 1.165) is 35.7 Å². The molecule has 0 atom stereocenters. The maximum atomic E-state index is 12.7. The highest BCUT2D eigenvalue weighted by Gasteiger charge is 2.31. The molecule has 1 fully saturated rings. The lowest BCUT2D eigenvalue weighted by molar-refractivity contribution is -0.137. The van der Waals surface area contributed by atoms with Crippen LogP contribution in [0.15, 0.2) is 29.6 Å². The van der Waals surface area contributed by atoms with Gasteiger partial charge in [-0.3, -0.25) is 9.59 Å². The number of carbonyl (C=O) groups is 2. The number of benzene rings is 1. The summed E-state index contributed by atoms with van der Waals surface area (Å²) in [5.74, 6) is -0.103. The van der Waals surface area contributed by atoms with Gasteiger partial charge in [0.05, 0.1) is 22.8 Å². The van der Waals surface area contributed by atoms with Crippen LogP contribution in [0.5, 0.6) is 0 Å². The first-order chi connectivity index (χ1) is 14.1. The Morgan fingerprint density at radius 3 is 2.40 bits per heavy atom. The molecular formula is C21H24F3N3O2S.